The molecule has 0 aliphatic carbocycles. The van der Waals surface area contributed by atoms with Crippen LogP contribution in [-0.4, -0.2) is 69.7 Å². The van der Waals surface area contributed by atoms with Crippen molar-refractivity contribution in [3.63, 3.8) is 0 Å². The number of phenols is 1. The Morgan fingerprint density at radius 2 is 1.79 bits per heavy atom. The topological polar surface area (TPSA) is 143 Å². The minimum atomic E-state index is -1.68. The number of rotatable bonds is 7. The van der Waals surface area contributed by atoms with Crippen LogP contribution in [0, 0.1) is 5.92 Å². The Bertz CT molecular complexity index is 715. The summed E-state index contributed by atoms with van der Waals surface area (Å²) in [4.78, 5) is 23.8. The van der Waals surface area contributed by atoms with Crippen LogP contribution in [0.2, 0.25) is 0 Å². The third-order valence-corrected chi connectivity index (χ3v) is 4.61. The SMILES string of the molecule is CCC(C)C(=O)OCC1OC(OC(=O)C=Cc2ccc(O)cc2)C(O)C(O)C1O. The number of aromatic hydroxyl groups is 1. The summed E-state index contributed by atoms with van der Waals surface area (Å²) in [7, 11) is 0. The number of benzene rings is 1. The summed E-state index contributed by atoms with van der Waals surface area (Å²) < 4.78 is 15.4. The van der Waals surface area contributed by atoms with Crippen molar-refractivity contribution in [2.24, 2.45) is 5.92 Å². The lowest BCUT2D eigenvalue weighted by atomic mass is 9.99. The molecular formula is C20H26O9. The smallest absolute Gasteiger partial charge is 0.333 e. The van der Waals surface area contributed by atoms with E-state index in [2.05, 4.69) is 0 Å². The van der Waals surface area contributed by atoms with Gasteiger partial charge in [-0.25, -0.2) is 4.79 Å². The quantitative estimate of drug-likeness (QED) is 0.370. The first-order valence-corrected chi connectivity index (χ1v) is 9.27. The van der Waals surface area contributed by atoms with Gasteiger partial charge >= 0.3 is 11.9 Å². The summed E-state index contributed by atoms with van der Waals surface area (Å²) in [6, 6.07) is 6.05. The molecule has 1 fully saturated rings. The van der Waals surface area contributed by atoms with Crippen LogP contribution in [0.15, 0.2) is 30.3 Å². The van der Waals surface area contributed by atoms with Crippen molar-refractivity contribution in [1.82, 2.24) is 0 Å². The average Bonchev–Trinajstić information content (AvgIpc) is 2.71. The van der Waals surface area contributed by atoms with E-state index >= 15 is 0 Å². The van der Waals surface area contributed by atoms with Gasteiger partial charge in [0.25, 0.3) is 0 Å². The zero-order valence-electron chi connectivity index (χ0n) is 16.2. The van der Waals surface area contributed by atoms with Crippen molar-refractivity contribution in [3.8, 4) is 5.75 Å². The van der Waals surface area contributed by atoms with Gasteiger partial charge in [-0.05, 0) is 30.2 Å². The number of carbonyl (C=O) groups excluding carboxylic acids is 2. The zero-order chi connectivity index (χ0) is 21.6. The highest BCUT2D eigenvalue weighted by Gasteiger charge is 2.46. The van der Waals surface area contributed by atoms with Crippen molar-refractivity contribution < 1.29 is 44.2 Å². The first kappa shape index (κ1) is 22.8. The highest BCUT2D eigenvalue weighted by atomic mass is 16.7. The molecule has 1 aromatic carbocycles. The number of aliphatic hydroxyl groups excluding tert-OH is 3. The molecule has 0 radical (unpaired) electrons. The Labute approximate surface area is 168 Å². The summed E-state index contributed by atoms with van der Waals surface area (Å²) >= 11 is 0. The molecule has 1 heterocycles. The molecule has 9 nitrogen and oxygen atoms in total. The van der Waals surface area contributed by atoms with Gasteiger partial charge in [-0.1, -0.05) is 26.0 Å². The van der Waals surface area contributed by atoms with E-state index in [4.69, 9.17) is 14.2 Å². The van der Waals surface area contributed by atoms with Gasteiger partial charge in [-0.3, -0.25) is 4.79 Å². The predicted molar refractivity (Wildman–Crippen MR) is 100 cm³/mol. The maximum absolute atomic E-state index is 12.0. The van der Waals surface area contributed by atoms with Gasteiger partial charge in [0.1, 0.15) is 36.8 Å². The zero-order valence-corrected chi connectivity index (χ0v) is 16.2. The number of hydrogen-bond acceptors (Lipinski definition) is 9. The van der Waals surface area contributed by atoms with Gasteiger partial charge in [-0.15, -0.1) is 0 Å². The van der Waals surface area contributed by atoms with E-state index in [0.717, 1.165) is 6.08 Å². The molecule has 0 saturated carbocycles. The summed E-state index contributed by atoms with van der Waals surface area (Å²) in [5, 5.41) is 39.3. The number of phenolic OH excluding ortho intramolecular Hbond substituents is 1. The van der Waals surface area contributed by atoms with Crippen molar-refractivity contribution in [2.45, 2.75) is 51.0 Å². The Morgan fingerprint density at radius 3 is 2.41 bits per heavy atom. The second-order valence-electron chi connectivity index (χ2n) is 6.82. The van der Waals surface area contributed by atoms with Gasteiger partial charge in [0.05, 0.1) is 5.92 Å². The van der Waals surface area contributed by atoms with Crippen LogP contribution < -0.4 is 0 Å². The molecular weight excluding hydrogens is 384 g/mol. The Kier molecular flexibility index (Phi) is 8.15. The van der Waals surface area contributed by atoms with E-state index in [1.165, 1.54) is 18.2 Å². The summed E-state index contributed by atoms with van der Waals surface area (Å²) in [5.41, 5.74) is 0.621. The highest BCUT2D eigenvalue weighted by Crippen LogP contribution is 2.23. The lowest BCUT2D eigenvalue weighted by molar-refractivity contribution is -0.292. The van der Waals surface area contributed by atoms with Crippen molar-refractivity contribution >= 4 is 18.0 Å². The molecule has 0 bridgehead atoms. The van der Waals surface area contributed by atoms with E-state index in [0.29, 0.717) is 12.0 Å². The molecule has 1 saturated heterocycles. The fraction of sp³-hybridized carbons (Fsp3) is 0.500. The molecule has 29 heavy (non-hydrogen) atoms. The van der Waals surface area contributed by atoms with Crippen LogP contribution in [-0.2, 0) is 23.8 Å². The Hall–Kier alpha value is -2.46. The predicted octanol–water partition coefficient (Wildman–Crippen LogP) is 0.345. The fourth-order valence-corrected chi connectivity index (χ4v) is 2.53. The minimum Gasteiger partial charge on any atom is -0.508 e. The minimum absolute atomic E-state index is 0.0797. The maximum atomic E-state index is 12.0. The first-order chi connectivity index (χ1) is 13.7. The molecule has 1 aliphatic heterocycles. The van der Waals surface area contributed by atoms with Gasteiger partial charge in [0.2, 0.25) is 6.29 Å². The third-order valence-electron chi connectivity index (χ3n) is 4.61. The Balaban J connectivity index is 1.96. The summed E-state index contributed by atoms with van der Waals surface area (Å²) in [5.74, 6) is -1.61. The molecule has 160 valence electrons. The molecule has 1 aromatic rings. The molecule has 1 aliphatic rings. The van der Waals surface area contributed by atoms with Crippen LogP contribution in [0.4, 0.5) is 0 Å². The van der Waals surface area contributed by atoms with Crippen molar-refractivity contribution in [3.05, 3.63) is 35.9 Å². The number of hydrogen-bond donors (Lipinski definition) is 4. The normalized spacial score (nSPS) is 28.1. The molecule has 6 atom stereocenters. The molecule has 0 aromatic heterocycles. The summed E-state index contributed by atoms with van der Waals surface area (Å²) in [6.07, 6.45) is -4.53. The molecule has 6 unspecified atom stereocenters. The molecule has 4 N–H and O–H groups in total. The second-order valence-corrected chi connectivity index (χ2v) is 6.82. The maximum Gasteiger partial charge on any atom is 0.333 e. The van der Waals surface area contributed by atoms with Gasteiger partial charge in [-0.2, -0.15) is 0 Å². The number of aliphatic hydroxyl groups is 3. The van der Waals surface area contributed by atoms with Crippen LogP contribution in [0.25, 0.3) is 6.08 Å². The standard InChI is InChI=1S/C20H26O9/c1-3-11(2)19(26)27-10-14-16(23)17(24)18(25)20(28-14)29-15(22)9-6-12-4-7-13(21)8-5-12/h4-9,11,14,16-18,20-21,23-25H,3,10H2,1-2H3. The lowest BCUT2D eigenvalue weighted by Gasteiger charge is -2.39. The molecule has 2 rings (SSSR count). The van der Waals surface area contributed by atoms with E-state index in [1.807, 2.05) is 6.92 Å². The van der Waals surface area contributed by atoms with Crippen molar-refractivity contribution in [1.29, 1.82) is 0 Å². The monoisotopic (exact) mass is 410 g/mol. The average molecular weight is 410 g/mol. The molecule has 0 amide bonds. The van der Waals surface area contributed by atoms with Gasteiger partial charge < -0.3 is 34.6 Å². The number of esters is 2. The first-order valence-electron chi connectivity index (χ1n) is 9.27. The fourth-order valence-electron chi connectivity index (χ4n) is 2.53. The van der Waals surface area contributed by atoms with E-state index in [1.54, 1.807) is 19.1 Å². The number of ether oxygens (including phenoxy) is 3. The Morgan fingerprint density at radius 1 is 1.14 bits per heavy atom. The van der Waals surface area contributed by atoms with Crippen LogP contribution >= 0.6 is 0 Å². The van der Waals surface area contributed by atoms with E-state index < -0.39 is 42.6 Å². The third kappa shape index (κ3) is 6.26. The second kappa shape index (κ2) is 10.4. The molecule has 0 spiro atoms. The molecule has 9 heteroatoms. The van der Waals surface area contributed by atoms with E-state index in [-0.39, 0.29) is 18.3 Å². The van der Waals surface area contributed by atoms with Crippen LogP contribution in [0.3, 0.4) is 0 Å². The van der Waals surface area contributed by atoms with Gasteiger partial charge in [0.15, 0.2) is 0 Å². The van der Waals surface area contributed by atoms with Gasteiger partial charge in [0, 0.05) is 6.08 Å². The van der Waals surface area contributed by atoms with Crippen LogP contribution in [0.1, 0.15) is 25.8 Å². The highest BCUT2D eigenvalue weighted by molar-refractivity contribution is 5.87. The number of carbonyl (C=O) groups is 2. The summed E-state index contributed by atoms with van der Waals surface area (Å²) in [6.45, 7) is 3.13. The van der Waals surface area contributed by atoms with Crippen LogP contribution in [0.5, 0.6) is 5.75 Å². The van der Waals surface area contributed by atoms with Crippen molar-refractivity contribution in [2.75, 3.05) is 6.61 Å². The largest absolute Gasteiger partial charge is 0.508 e. The van der Waals surface area contributed by atoms with E-state index in [9.17, 15) is 30.0 Å². The lowest BCUT2D eigenvalue weighted by Crippen LogP contribution is -2.59.